The molecule has 0 aliphatic carbocycles. The van der Waals surface area contributed by atoms with E-state index in [0.717, 1.165) is 10.4 Å². The minimum atomic E-state index is -0.641. The van der Waals surface area contributed by atoms with Crippen molar-refractivity contribution < 1.29 is 9.90 Å². The molecule has 2 N–H and O–H groups in total. The molecule has 94 valence electrons. The Morgan fingerprint density at radius 2 is 2.06 bits per heavy atom. The Labute approximate surface area is 110 Å². The van der Waals surface area contributed by atoms with E-state index in [4.69, 9.17) is 0 Å². The SMILES string of the molecule is Cc1ccsc1C(O)CNC(=O)c1ccccc1. The number of aliphatic hydroxyl groups is 1. The van der Waals surface area contributed by atoms with Gasteiger partial charge in [-0.2, -0.15) is 0 Å². The van der Waals surface area contributed by atoms with Crippen LogP contribution in [0, 0.1) is 6.92 Å². The van der Waals surface area contributed by atoms with E-state index >= 15 is 0 Å². The van der Waals surface area contributed by atoms with Crippen LogP contribution in [0.5, 0.6) is 0 Å². The van der Waals surface area contributed by atoms with Crippen molar-refractivity contribution in [1.82, 2.24) is 5.32 Å². The minimum absolute atomic E-state index is 0.163. The van der Waals surface area contributed by atoms with Gasteiger partial charge in [-0.05, 0) is 36.1 Å². The molecule has 0 bridgehead atoms. The van der Waals surface area contributed by atoms with Crippen molar-refractivity contribution in [3.05, 3.63) is 57.8 Å². The zero-order valence-corrected chi connectivity index (χ0v) is 10.9. The fraction of sp³-hybridized carbons (Fsp3) is 0.214. The Kier molecular flexibility index (Phi) is 4.12. The van der Waals surface area contributed by atoms with Crippen LogP contribution in [0.2, 0.25) is 0 Å². The van der Waals surface area contributed by atoms with Gasteiger partial charge in [0.15, 0.2) is 0 Å². The van der Waals surface area contributed by atoms with Gasteiger partial charge in [-0.3, -0.25) is 4.79 Å². The molecule has 0 fully saturated rings. The number of carbonyl (C=O) groups excluding carboxylic acids is 1. The van der Waals surface area contributed by atoms with Crippen molar-refractivity contribution in [2.45, 2.75) is 13.0 Å². The molecule has 2 rings (SSSR count). The number of amides is 1. The largest absolute Gasteiger partial charge is 0.386 e. The Hall–Kier alpha value is -1.65. The van der Waals surface area contributed by atoms with Crippen LogP contribution in [0.25, 0.3) is 0 Å². The van der Waals surface area contributed by atoms with E-state index in [2.05, 4.69) is 5.32 Å². The van der Waals surface area contributed by atoms with E-state index in [1.807, 2.05) is 36.6 Å². The molecule has 0 radical (unpaired) electrons. The zero-order valence-electron chi connectivity index (χ0n) is 10.1. The van der Waals surface area contributed by atoms with Crippen LogP contribution in [-0.4, -0.2) is 17.6 Å². The van der Waals surface area contributed by atoms with Crippen molar-refractivity contribution in [3.8, 4) is 0 Å². The van der Waals surface area contributed by atoms with E-state index in [-0.39, 0.29) is 12.5 Å². The molecular weight excluding hydrogens is 246 g/mol. The van der Waals surface area contributed by atoms with Crippen LogP contribution in [0.3, 0.4) is 0 Å². The van der Waals surface area contributed by atoms with Gasteiger partial charge in [0.05, 0.1) is 0 Å². The van der Waals surface area contributed by atoms with Gasteiger partial charge < -0.3 is 10.4 Å². The average Bonchev–Trinajstić information content (AvgIpc) is 2.83. The lowest BCUT2D eigenvalue weighted by molar-refractivity contribution is 0.0917. The van der Waals surface area contributed by atoms with Gasteiger partial charge in [0.25, 0.3) is 5.91 Å². The summed E-state index contributed by atoms with van der Waals surface area (Å²) in [6.07, 6.45) is -0.641. The van der Waals surface area contributed by atoms with E-state index in [0.29, 0.717) is 5.56 Å². The second-order valence-corrected chi connectivity index (χ2v) is 5.01. The van der Waals surface area contributed by atoms with Crippen LogP contribution in [-0.2, 0) is 0 Å². The molecule has 0 spiro atoms. The van der Waals surface area contributed by atoms with Crippen molar-refractivity contribution in [3.63, 3.8) is 0 Å². The molecule has 3 nitrogen and oxygen atoms in total. The van der Waals surface area contributed by atoms with Gasteiger partial charge in [-0.1, -0.05) is 18.2 Å². The van der Waals surface area contributed by atoms with Crippen LogP contribution < -0.4 is 5.32 Å². The van der Waals surface area contributed by atoms with E-state index in [1.165, 1.54) is 11.3 Å². The summed E-state index contributed by atoms with van der Waals surface area (Å²) in [4.78, 5) is 12.7. The molecular formula is C14H15NO2S. The van der Waals surface area contributed by atoms with Gasteiger partial charge in [0, 0.05) is 17.0 Å². The lowest BCUT2D eigenvalue weighted by Gasteiger charge is -2.11. The smallest absolute Gasteiger partial charge is 0.251 e. The topological polar surface area (TPSA) is 49.3 Å². The lowest BCUT2D eigenvalue weighted by atomic mass is 10.2. The number of thiophene rings is 1. The predicted molar refractivity (Wildman–Crippen MR) is 72.8 cm³/mol. The molecule has 1 aromatic carbocycles. The number of aliphatic hydroxyl groups excluding tert-OH is 1. The standard InChI is InChI=1S/C14H15NO2S/c1-10-7-8-18-13(10)12(16)9-15-14(17)11-5-3-2-4-6-11/h2-8,12,16H,9H2,1H3,(H,15,17). The van der Waals surface area contributed by atoms with Gasteiger partial charge in [0.1, 0.15) is 6.10 Å². The summed E-state index contributed by atoms with van der Waals surface area (Å²) in [5.41, 5.74) is 1.66. The maximum atomic E-state index is 11.8. The Morgan fingerprint density at radius 3 is 2.67 bits per heavy atom. The molecule has 4 heteroatoms. The van der Waals surface area contributed by atoms with Gasteiger partial charge in [-0.25, -0.2) is 0 Å². The number of rotatable bonds is 4. The number of nitrogens with one attached hydrogen (secondary N) is 1. The molecule has 1 atom stereocenters. The predicted octanol–water partition coefficient (Wildman–Crippen LogP) is 2.52. The third kappa shape index (κ3) is 2.97. The Bertz CT molecular complexity index is 522. The third-order valence-corrected chi connectivity index (χ3v) is 3.82. The normalized spacial score (nSPS) is 12.1. The van der Waals surface area contributed by atoms with Crippen LogP contribution in [0.1, 0.15) is 26.9 Å². The monoisotopic (exact) mass is 261 g/mol. The van der Waals surface area contributed by atoms with Gasteiger partial charge >= 0.3 is 0 Å². The number of hydrogen-bond acceptors (Lipinski definition) is 3. The molecule has 1 amide bonds. The lowest BCUT2D eigenvalue weighted by Crippen LogP contribution is -2.28. The van der Waals surface area contributed by atoms with Crippen molar-refractivity contribution in [2.24, 2.45) is 0 Å². The van der Waals surface area contributed by atoms with Crippen molar-refractivity contribution in [2.75, 3.05) is 6.54 Å². The first-order valence-corrected chi connectivity index (χ1v) is 6.61. The molecule has 2 aromatic rings. The molecule has 1 heterocycles. The van der Waals surface area contributed by atoms with Crippen LogP contribution >= 0.6 is 11.3 Å². The Morgan fingerprint density at radius 1 is 1.33 bits per heavy atom. The molecule has 0 saturated carbocycles. The number of hydrogen-bond donors (Lipinski definition) is 2. The first-order chi connectivity index (χ1) is 8.68. The van der Waals surface area contributed by atoms with Crippen LogP contribution in [0.15, 0.2) is 41.8 Å². The fourth-order valence-corrected chi connectivity index (χ4v) is 2.61. The number of benzene rings is 1. The second kappa shape index (κ2) is 5.80. The zero-order chi connectivity index (χ0) is 13.0. The van der Waals surface area contributed by atoms with Crippen molar-refractivity contribution in [1.29, 1.82) is 0 Å². The fourth-order valence-electron chi connectivity index (χ4n) is 1.70. The van der Waals surface area contributed by atoms with Crippen molar-refractivity contribution >= 4 is 17.2 Å². The molecule has 18 heavy (non-hydrogen) atoms. The minimum Gasteiger partial charge on any atom is -0.386 e. The van der Waals surface area contributed by atoms with Crippen LogP contribution in [0.4, 0.5) is 0 Å². The number of carbonyl (C=O) groups is 1. The number of aryl methyl sites for hydroxylation is 1. The molecule has 1 aromatic heterocycles. The maximum absolute atomic E-state index is 11.8. The average molecular weight is 261 g/mol. The highest BCUT2D eigenvalue weighted by Gasteiger charge is 2.13. The first-order valence-electron chi connectivity index (χ1n) is 5.74. The van der Waals surface area contributed by atoms with E-state index in [1.54, 1.807) is 12.1 Å². The summed E-state index contributed by atoms with van der Waals surface area (Å²) >= 11 is 1.50. The highest BCUT2D eigenvalue weighted by molar-refractivity contribution is 7.10. The maximum Gasteiger partial charge on any atom is 0.251 e. The highest BCUT2D eigenvalue weighted by Crippen LogP contribution is 2.23. The third-order valence-electron chi connectivity index (χ3n) is 2.70. The summed E-state index contributed by atoms with van der Waals surface area (Å²) in [7, 11) is 0. The first kappa shape index (κ1) is 12.8. The summed E-state index contributed by atoms with van der Waals surface area (Å²) < 4.78 is 0. The molecule has 0 aliphatic rings. The molecule has 1 unspecified atom stereocenters. The molecule has 0 aliphatic heterocycles. The van der Waals surface area contributed by atoms with E-state index < -0.39 is 6.10 Å². The summed E-state index contributed by atoms with van der Waals surface area (Å²) in [6, 6.07) is 10.9. The van der Waals surface area contributed by atoms with Gasteiger partial charge in [0.2, 0.25) is 0 Å². The van der Waals surface area contributed by atoms with Gasteiger partial charge in [-0.15, -0.1) is 11.3 Å². The quantitative estimate of drug-likeness (QED) is 0.888. The Balaban J connectivity index is 1.93. The summed E-state index contributed by atoms with van der Waals surface area (Å²) in [5.74, 6) is -0.163. The molecule has 0 saturated heterocycles. The highest BCUT2D eigenvalue weighted by atomic mass is 32.1. The summed E-state index contributed by atoms with van der Waals surface area (Å²) in [6.45, 7) is 2.18. The second-order valence-electron chi connectivity index (χ2n) is 4.06. The van der Waals surface area contributed by atoms with E-state index in [9.17, 15) is 9.90 Å². The summed E-state index contributed by atoms with van der Waals surface area (Å²) in [5, 5.41) is 14.7.